The molecule has 0 spiro atoms. The van der Waals surface area contributed by atoms with Crippen molar-refractivity contribution in [3.63, 3.8) is 0 Å². The first-order valence-electron chi connectivity index (χ1n) is 15.3. The van der Waals surface area contributed by atoms with Crippen LogP contribution in [0.2, 0.25) is 0 Å². The van der Waals surface area contributed by atoms with Gasteiger partial charge in [-0.2, -0.15) is 0 Å². The smallest absolute Gasteiger partial charge is 0.259 e. The van der Waals surface area contributed by atoms with Crippen LogP contribution in [0.3, 0.4) is 0 Å². The predicted octanol–water partition coefficient (Wildman–Crippen LogP) is 3.47. The number of morpholine rings is 2. The second-order valence-corrected chi connectivity index (χ2v) is 12.5. The molecule has 1 aromatic rings. The van der Waals surface area contributed by atoms with Gasteiger partial charge >= 0.3 is 0 Å². The highest BCUT2D eigenvalue weighted by Gasteiger charge is 2.61. The molecule has 1 amide bonds. The summed E-state index contributed by atoms with van der Waals surface area (Å²) in [4.78, 5) is 36.4. The van der Waals surface area contributed by atoms with Crippen LogP contribution in [0.25, 0.3) is 0 Å². The molecule has 0 N–H and O–H groups in total. The van der Waals surface area contributed by atoms with Crippen LogP contribution >= 0.6 is 0 Å². The number of aryl methyl sites for hydroxylation is 1. The topological polar surface area (TPSA) is 76.9 Å². The fourth-order valence-electron chi connectivity index (χ4n) is 8.84. The maximum absolute atomic E-state index is 16.3. The minimum atomic E-state index is -1.26. The molecule has 9 heteroatoms. The van der Waals surface area contributed by atoms with E-state index in [0.717, 1.165) is 37.9 Å². The monoisotopic (exact) mass is 540 g/mol. The molecule has 5 fully saturated rings. The first-order chi connectivity index (χ1) is 19.1. The first-order valence-corrected chi connectivity index (χ1v) is 15.3. The van der Waals surface area contributed by atoms with Gasteiger partial charge in [0.2, 0.25) is 0 Å². The lowest BCUT2D eigenvalue weighted by atomic mass is 9.63. The third-order valence-electron chi connectivity index (χ3n) is 10.5. The van der Waals surface area contributed by atoms with Crippen molar-refractivity contribution in [2.24, 2.45) is 17.8 Å². The van der Waals surface area contributed by atoms with Crippen molar-refractivity contribution in [2.75, 3.05) is 26.3 Å². The second-order valence-electron chi connectivity index (χ2n) is 12.5. The lowest BCUT2D eigenvalue weighted by Gasteiger charge is -2.62. The van der Waals surface area contributed by atoms with E-state index >= 15 is 4.39 Å². The number of ether oxygens (including phenoxy) is 2. The van der Waals surface area contributed by atoms with E-state index < -0.39 is 24.2 Å². The number of nitrogens with zero attached hydrogens (tertiary/aromatic N) is 4. The van der Waals surface area contributed by atoms with Gasteiger partial charge in [-0.15, -0.1) is 0 Å². The molecule has 8 nitrogen and oxygen atoms in total. The molecular formula is C30H41FN4O4. The van der Waals surface area contributed by atoms with Crippen molar-refractivity contribution < 1.29 is 23.5 Å². The highest BCUT2D eigenvalue weighted by molar-refractivity contribution is 6.20. The summed E-state index contributed by atoms with van der Waals surface area (Å²) in [7, 11) is 0. The zero-order valence-corrected chi connectivity index (χ0v) is 22.9. The van der Waals surface area contributed by atoms with E-state index in [9.17, 15) is 9.59 Å². The molecule has 0 aromatic carbocycles. The summed E-state index contributed by atoms with van der Waals surface area (Å²) in [5.41, 5.74) is 0.232. The van der Waals surface area contributed by atoms with Crippen molar-refractivity contribution >= 4 is 11.7 Å². The maximum atomic E-state index is 16.3. The number of hydrogen-bond acceptors (Lipinski definition) is 6. The number of ketones is 1. The Hall–Kier alpha value is -2.26. The van der Waals surface area contributed by atoms with Crippen LogP contribution in [0.5, 0.6) is 0 Å². The number of rotatable bonds is 4. The van der Waals surface area contributed by atoms with Gasteiger partial charge in [-0.05, 0) is 43.9 Å². The first kappa shape index (κ1) is 25.7. The van der Waals surface area contributed by atoms with Gasteiger partial charge in [0.25, 0.3) is 5.91 Å². The van der Waals surface area contributed by atoms with Gasteiger partial charge in [0.15, 0.2) is 5.78 Å². The summed E-state index contributed by atoms with van der Waals surface area (Å²) in [5, 5.41) is 0. The van der Waals surface area contributed by atoms with Gasteiger partial charge in [-0.1, -0.05) is 26.2 Å². The number of imidazole rings is 1. The van der Waals surface area contributed by atoms with E-state index in [1.807, 2.05) is 17.0 Å². The van der Waals surface area contributed by atoms with Crippen LogP contribution in [0.4, 0.5) is 4.39 Å². The van der Waals surface area contributed by atoms with Crippen LogP contribution in [-0.4, -0.2) is 87.8 Å². The largest absolute Gasteiger partial charge is 0.378 e. The van der Waals surface area contributed by atoms with Crippen LogP contribution < -0.4 is 0 Å². The molecule has 6 aliphatic rings. The highest BCUT2D eigenvalue weighted by Crippen LogP contribution is 2.53. The van der Waals surface area contributed by atoms with Gasteiger partial charge in [-0.3, -0.25) is 9.59 Å². The van der Waals surface area contributed by atoms with E-state index in [2.05, 4.69) is 16.8 Å². The molecule has 1 aromatic heterocycles. The molecule has 3 saturated carbocycles. The maximum Gasteiger partial charge on any atom is 0.259 e. The minimum Gasteiger partial charge on any atom is -0.378 e. The van der Waals surface area contributed by atoms with Crippen LogP contribution in [-0.2, 0) is 25.5 Å². The summed E-state index contributed by atoms with van der Waals surface area (Å²) >= 11 is 0. The van der Waals surface area contributed by atoms with Crippen LogP contribution in [0.15, 0.2) is 24.2 Å². The SMILES string of the molecule is CCCc1nccn1C1C(F)CC2C(=O)C(C(=O)N3CCOCC3)=CN3C4C(CCC5CCCCC54)OC1C23. The average molecular weight is 541 g/mol. The Morgan fingerprint density at radius 2 is 1.92 bits per heavy atom. The van der Waals surface area contributed by atoms with Crippen molar-refractivity contribution in [1.82, 2.24) is 19.4 Å². The Bertz CT molecular complexity index is 1130. The number of amides is 1. The predicted molar refractivity (Wildman–Crippen MR) is 142 cm³/mol. The Labute approximate surface area is 229 Å². The Morgan fingerprint density at radius 3 is 2.74 bits per heavy atom. The molecule has 212 valence electrons. The van der Waals surface area contributed by atoms with Crippen LogP contribution in [0.1, 0.15) is 70.2 Å². The van der Waals surface area contributed by atoms with Gasteiger partial charge in [0, 0.05) is 44.0 Å². The summed E-state index contributed by atoms with van der Waals surface area (Å²) in [6.45, 7) is 4.02. The third kappa shape index (κ3) is 4.17. The normalized spacial score (nSPS) is 39.9. The van der Waals surface area contributed by atoms with Gasteiger partial charge in [-0.25, -0.2) is 9.37 Å². The zero-order valence-electron chi connectivity index (χ0n) is 22.9. The standard InChI is InChI=1S/C30H41FN4O4/c1-2-5-24-32-10-11-34(24)27-22(31)16-20-26-29(27)39-23-9-8-18-6-3-4-7-19(18)25(23)35(26)17-21(28(20)36)30(37)33-12-14-38-15-13-33/h10-11,17-20,22-23,25-27,29H,2-9,12-16H2,1H3. The summed E-state index contributed by atoms with van der Waals surface area (Å²) in [6.07, 6.45) is 12.5. The number of aromatic nitrogens is 2. The van der Waals surface area contributed by atoms with Crippen LogP contribution in [0, 0.1) is 17.8 Å². The number of carbonyl (C=O) groups is 2. The lowest BCUT2D eigenvalue weighted by Crippen LogP contribution is -2.71. The molecule has 2 saturated heterocycles. The zero-order chi connectivity index (χ0) is 26.7. The molecule has 7 rings (SSSR count). The molecule has 39 heavy (non-hydrogen) atoms. The molecule has 4 heterocycles. The van der Waals surface area contributed by atoms with Gasteiger partial charge in [0.05, 0.1) is 43.0 Å². The number of hydrogen-bond donors (Lipinski definition) is 0. The Kier molecular flexibility index (Phi) is 6.78. The average Bonchev–Trinajstić information content (AvgIpc) is 3.42. The number of Topliss-reactive ketones (excluding diaryl/α,β-unsaturated/α-hetero) is 1. The van der Waals surface area contributed by atoms with Gasteiger partial charge in [0.1, 0.15) is 18.1 Å². The molecule has 0 bridgehead atoms. The van der Waals surface area contributed by atoms with E-state index in [1.165, 1.54) is 19.3 Å². The molecule has 9 atom stereocenters. The van der Waals surface area contributed by atoms with Crippen molar-refractivity contribution in [1.29, 1.82) is 0 Å². The molecular weight excluding hydrogens is 499 g/mol. The number of alkyl halides is 1. The molecule has 3 aliphatic heterocycles. The lowest BCUT2D eigenvalue weighted by molar-refractivity contribution is -0.220. The number of carbonyl (C=O) groups excluding carboxylic acids is 2. The third-order valence-corrected chi connectivity index (χ3v) is 10.5. The quantitative estimate of drug-likeness (QED) is 0.545. The summed E-state index contributed by atoms with van der Waals surface area (Å²) in [5.74, 6) is 0.980. The van der Waals surface area contributed by atoms with E-state index in [4.69, 9.17) is 9.47 Å². The van der Waals surface area contributed by atoms with E-state index in [1.54, 1.807) is 11.1 Å². The number of halogens is 1. The Balaban J connectivity index is 1.31. The highest BCUT2D eigenvalue weighted by atomic mass is 19.1. The second kappa shape index (κ2) is 10.3. The summed E-state index contributed by atoms with van der Waals surface area (Å²) in [6, 6.07) is -0.668. The van der Waals surface area contributed by atoms with Gasteiger partial charge < -0.3 is 23.8 Å². The van der Waals surface area contributed by atoms with E-state index in [-0.39, 0.29) is 41.9 Å². The fourth-order valence-corrected chi connectivity index (χ4v) is 8.84. The number of fused-ring (bicyclic) bond motifs is 4. The minimum absolute atomic E-state index is 0.0265. The summed E-state index contributed by atoms with van der Waals surface area (Å²) < 4.78 is 30.7. The fraction of sp³-hybridized carbons (Fsp3) is 0.767. The Morgan fingerprint density at radius 1 is 1.10 bits per heavy atom. The van der Waals surface area contributed by atoms with E-state index in [0.29, 0.717) is 38.1 Å². The molecule has 9 unspecified atom stereocenters. The van der Waals surface area contributed by atoms with Crippen molar-refractivity contribution in [3.05, 3.63) is 30.0 Å². The molecule has 0 radical (unpaired) electrons. The van der Waals surface area contributed by atoms with Crippen molar-refractivity contribution in [2.45, 2.75) is 101 Å². The van der Waals surface area contributed by atoms with Crippen molar-refractivity contribution in [3.8, 4) is 0 Å². The molecule has 3 aliphatic carbocycles.